The SMILES string of the molecule is CCC(=O)Nc1nc2cc(NC(=O)Nc3cc(OC)cc(OC)c3)ccc2s1. The number of thiazole rings is 1. The first-order valence-electron chi connectivity index (χ1n) is 8.52. The minimum absolute atomic E-state index is 0.0921. The fourth-order valence-electron chi connectivity index (χ4n) is 2.44. The molecule has 0 aliphatic rings. The van der Waals surface area contributed by atoms with E-state index in [2.05, 4.69) is 20.9 Å². The number of aromatic nitrogens is 1. The van der Waals surface area contributed by atoms with E-state index in [-0.39, 0.29) is 5.91 Å². The van der Waals surface area contributed by atoms with Crippen LogP contribution in [0.1, 0.15) is 13.3 Å². The summed E-state index contributed by atoms with van der Waals surface area (Å²) in [7, 11) is 3.08. The van der Waals surface area contributed by atoms with Gasteiger partial charge >= 0.3 is 6.03 Å². The molecule has 9 heteroatoms. The van der Waals surface area contributed by atoms with Crippen molar-refractivity contribution in [2.75, 3.05) is 30.2 Å². The Hall–Kier alpha value is -3.33. The van der Waals surface area contributed by atoms with E-state index < -0.39 is 6.03 Å². The van der Waals surface area contributed by atoms with Crippen LogP contribution < -0.4 is 25.4 Å². The van der Waals surface area contributed by atoms with Gasteiger partial charge in [0, 0.05) is 36.0 Å². The van der Waals surface area contributed by atoms with E-state index in [1.165, 1.54) is 11.3 Å². The second-order valence-electron chi connectivity index (χ2n) is 5.78. The van der Waals surface area contributed by atoms with Crippen LogP contribution in [-0.4, -0.2) is 31.1 Å². The Morgan fingerprint density at radius 2 is 1.64 bits per heavy atom. The molecule has 1 heterocycles. The first-order chi connectivity index (χ1) is 13.5. The van der Waals surface area contributed by atoms with Crippen molar-refractivity contribution < 1.29 is 19.1 Å². The highest BCUT2D eigenvalue weighted by Crippen LogP contribution is 2.29. The largest absolute Gasteiger partial charge is 0.497 e. The van der Waals surface area contributed by atoms with Crippen molar-refractivity contribution in [1.82, 2.24) is 4.98 Å². The molecule has 3 rings (SSSR count). The van der Waals surface area contributed by atoms with Gasteiger partial charge in [0.25, 0.3) is 0 Å². The van der Waals surface area contributed by atoms with Crippen LogP contribution in [0.3, 0.4) is 0 Å². The van der Waals surface area contributed by atoms with Gasteiger partial charge in [-0.1, -0.05) is 18.3 Å². The summed E-state index contributed by atoms with van der Waals surface area (Å²) in [6.07, 6.45) is 0.387. The Labute approximate surface area is 165 Å². The Balaban J connectivity index is 1.71. The molecule has 0 radical (unpaired) electrons. The summed E-state index contributed by atoms with van der Waals surface area (Å²) in [5.41, 5.74) is 1.81. The smallest absolute Gasteiger partial charge is 0.323 e. The van der Waals surface area contributed by atoms with Gasteiger partial charge in [-0.2, -0.15) is 0 Å². The zero-order chi connectivity index (χ0) is 20.1. The fraction of sp³-hybridized carbons (Fsp3) is 0.211. The zero-order valence-electron chi connectivity index (χ0n) is 15.7. The molecule has 0 spiro atoms. The highest BCUT2D eigenvalue weighted by molar-refractivity contribution is 7.22. The third-order valence-electron chi connectivity index (χ3n) is 3.82. The van der Waals surface area contributed by atoms with Crippen molar-refractivity contribution >= 4 is 50.0 Å². The van der Waals surface area contributed by atoms with E-state index in [0.717, 1.165) is 4.70 Å². The lowest BCUT2D eigenvalue weighted by Crippen LogP contribution is -2.19. The highest BCUT2D eigenvalue weighted by atomic mass is 32.1. The van der Waals surface area contributed by atoms with E-state index >= 15 is 0 Å². The first-order valence-corrected chi connectivity index (χ1v) is 9.34. The average molecular weight is 400 g/mol. The molecule has 3 amide bonds. The van der Waals surface area contributed by atoms with Crippen molar-refractivity contribution in [3.8, 4) is 11.5 Å². The molecule has 1 aromatic heterocycles. The number of benzene rings is 2. The number of rotatable bonds is 6. The number of carbonyl (C=O) groups excluding carboxylic acids is 2. The summed E-state index contributed by atoms with van der Waals surface area (Å²) in [6, 6.07) is 10.1. The number of amides is 3. The van der Waals surface area contributed by atoms with Crippen LogP contribution in [0.5, 0.6) is 11.5 Å². The van der Waals surface area contributed by atoms with E-state index in [9.17, 15) is 9.59 Å². The van der Waals surface area contributed by atoms with E-state index in [4.69, 9.17) is 9.47 Å². The van der Waals surface area contributed by atoms with Crippen molar-refractivity contribution in [3.63, 3.8) is 0 Å². The molecule has 0 aliphatic heterocycles. The number of urea groups is 1. The summed E-state index contributed by atoms with van der Waals surface area (Å²) in [5, 5.41) is 8.78. The molecular weight excluding hydrogens is 380 g/mol. The summed E-state index contributed by atoms with van der Waals surface area (Å²) in [6.45, 7) is 1.78. The van der Waals surface area contributed by atoms with Gasteiger partial charge in [0.1, 0.15) is 11.5 Å². The van der Waals surface area contributed by atoms with Crippen molar-refractivity contribution in [1.29, 1.82) is 0 Å². The van der Waals surface area contributed by atoms with Gasteiger partial charge < -0.3 is 25.4 Å². The van der Waals surface area contributed by atoms with E-state index in [1.54, 1.807) is 51.5 Å². The highest BCUT2D eigenvalue weighted by Gasteiger charge is 2.10. The molecule has 3 aromatic rings. The van der Waals surface area contributed by atoms with Crippen molar-refractivity contribution in [2.24, 2.45) is 0 Å². The minimum atomic E-state index is -0.413. The Morgan fingerprint density at radius 3 is 2.29 bits per heavy atom. The predicted octanol–water partition coefficient (Wildman–Crippen LogP) is 4.31. The van der Waals surface area contributed by atoms with Gasteiger partial charge in [-0.3, -0.25) is 4.79 Å². The number of nitrogens with one attached hydrogen (secondary N) is 3. The molecular formula is C19H20N4O4S. The lowest BCUT2D eigenvalue weighted by Gasteiger charge is -2.11. The first kappa shape index (κ1) is 19.4. The Morgan fingerprint density at radius 1 is 0.964 bits per heavy atom. The third kappa shape index (κ3) is 4.68. The molecule has 2 aromatic carbocycles. The molecule has 28 heavy (non-hydrogen) atoms. The molecule has 3 N–H and O–H groups in total. The summed E-state index contributed by atoms with van der Waals surface area (Å²) >= 11 is 1.38. The average Bonchev–Trinajstić information content (AvgIpc) is 3.08. The van der Waals surface area contributed by atoms with Crippen molar-refractivity contribution in [2.45, 2.75) is 13.3 Å². The maximum absolute atomic E-state index is 12.3. The Bertz CT molecular complexity index is 996. The summed E-state index contributed by atoms with van der Waals surface area (Å²) in [5.74, 6) is 1.05. The lowest BCUT2D eigenvalue weighted by molar-refractivity contribution is -0.115. The molecule has 0 bridgehead atoms. The van der Waals surface area contributed by atoms with Gasteiger partial charge in [-0.25, -0.2) is 9.78 Å². The van der Waals surface area contributed by atoms with Crippen LogP contribution in [0.25, 0.3) is 10.2 Å². The van der Waals surface area contributed by atoms with Crippen LogP contribution in [0.2, 0.25) is 0 Å². The van der Waals surface area contributed by atoms with Gasteiger partial charge in [0.2, 0.25) is 5.91 Å². The van der Waals surface area contributed by atoms with Gasteiger partial charge in [0.15, 0.2) is 5.13 Å². The second kappa shape index (κ2) is 8.57. The van der Waals surface area contributed by atoms with E-state index in [0.29, 0.717) is 39.9 Å². The molecule has 8 nitrogen and oxygen atoms in total. The van der Waals surface area contributed by atoms with Gasteiger partial charge in [0.05, 0.1) is 24.4 Å². The number of hydrogen-bond donors (Lipinski definition) is 3. The summed E-state index contributed by atoms with van der Waals surface area (Å²) in [4.78, 5) is 28.2. The van der Waals surface area contributed by atoms with Crippen LogP contribution in [-0.2, 0) is 4.79 Å². The predicted molar refractivity (Wildman–Crippen MR) is 111 cm³/mol. The number of hydrogen-bond acceptors (Lipinski definition) is 6. The van der Waals surface area contributed by atoms with E-state index in [1.807, 2.05) is 6.07 Å². The molecule has 0 fully saturated rings. The fourth-order valence-corrected chi connectivity index (χ4v) is 3.30. The molecule has 0 unspecified atom stereocenters. The third-order valence-corrected chi connectivity index (χ3v) is 4.77. The monoisotopic (exact) mass is 400 g/mol. The topological polar surface area (TPSA) is 102 Å². The van der Waals surface area contributed by atoms with Crippen LogP contribution in [0.15, 0.2) is 36.4 Å². The second-order valence-corrected chi connectivity index (χ2v) is 6.81. The van der Waals surface area contributed by atoms with Crippen molar-refractivity contribution in [3.05, 3.63) is 36.4 Å². The number of nitrogens with zero attached hydrogens (tertiary/aromatic N) is 1. The maximum atomic E-state index is 12.3. The normalized spacial score (nSPS) is 10.4. The maximum Gasteiger partial charge on any atom is 0.323 e. The standard InChI is InChI=1S/C19H20N4O4S/c1-4-17(24)23-19-22-15-9-11(5-6-16(15)28-19)20-18(25)21-12-7-13(26-2)10-14(8-12)27-3/h5-10H,4H2,1-3H3,(H2,20,21,25)(H,22,23,24). The van der Waals surface area contributed by atoms with Crippen LogP contribution >= 0.6 is 11.3 Å². The number of ether oxygens (including phenoxy) is 2. The van der Waals surface area contributed by atoms with Gasteiger partial charge in [-0.05, 0) is 18.2 Å². The van der Waals surface area contributed by atoms with Crippen LogP contribution in [0, 0.1) is 0 Å². The van der Waals surface area contributed by atoms with Gasteiger partial charge in [-0.15, -0.1) is 0 Å². The molecule has 146 valence electrons. The number of anilines is 3. The molecule has 0 saturated heterocycles. The summed E-state index contributed by atoms with van der Waals surface area (Å²) < 4.78 is 11.3. The Kier molecular flexibility index (Phi) is 5.95. The lowest BCUT2D eigenvalue weighted by atomic mass is 10.2. The quantitative estimate of drug-likeness (QED) is 0.572. The molecule has 0 aliphatic carbocycles. The number of carbonyl (C=O) groups is 2. The van der Waals surface area contributed by atoms with Crippen LogP contribution in [0.4, 0.5) is 21.3 Å². The number of fused-ring (bicyclic) bond motifs is 1. The zero-order valence-corrected chi connectivity index (χ0v) is 16.5. The molecule has 0 atom stereocenters. The minimum Gasteiger partial charge on any atom is -0.497 e. The molecule has 0 saturated carbocycles. The number of methoxy groups -OCH3 is 2.